The number of rotatable bonds is 5. The molecule has 2 unspecified atom stereocenters. The van der Waals surface area contributed by atoms with E-state index >= 15 is 0 Å². The van der Waals surface area contributed by atoms with Crippen molar-refractivity contribution in [2.24, 2.45) is 5.73 Å². The molecule has 1 aromatic carbocycles. The summed E-state index contributed by atoms with van der Waals surface area (Å²) in [6, 6.07) is 6.47. The van der Waals surface area contributed by atoms with Gasteiger partial charge in [0.15, 0.2) is 0 Å². The van der Waals surface area contributed by atoms with E-state index in [1.807, 2.05) is 7.05 Å². The van der Waals surface area contributed by atoms with Crippen molar-refractivity contribution < 1.29 is 5.11 Å². The largest absolute Gasteiger partial charge is 0.387 e. The van der Waals surface area contributed by atoms with Crippen LogP contribution in [0.4, 0.5) is 0 Å². The van der Waals surface area contributed by atoms with Gasteiger partial charge in [-0.05, 0) is 62.4 Å². The van der Waals surface area contributed by atoms with Crippen molar-refractivity contribution >= 4 is 0 Å². The molecule has 0 saturated carbocycles. The van der Waals surface area contributed by atoms with E-state index in [9.17, 15) is 5.11 Å². The predicted octanol–water partition coefficient (Wildman–Crippen LogP) is 1.54. The molecule has 0 amide bonds. The van der Waals surface area contributed by atoms with Gasteiger partial charge in [-0.2, -0.15) is 0 Å². The van der Waals surface area contributed by atoms with Gasteiger partial charge in [-0.3, -0.25) is 0 Å². The van der Waals surface area contributed by atoms with Crippen LogP contribution in [-0.2, 0) is 12.8 Å². The maximum atomic E-state index is 10.4. The summed E-state index contributed by atoms with van der Waals surface area (Å²) in [5, 5.41) is 13.5. The van der Waals surface area contributed by atoms with Crippen LogP contribution in [0.25, 0.3) is 0 Å². The van der Waals surface area contributed by atoms with Gasteiger partial charge in [-0.25, -0.2) is 0 Å². The highest BCUT2D eigenvalue weighted by Crippen LogP contribution is 2.26. The van der Waals surface area contributed by atoms with Gasteiger partial charge in [-0.1, -0.05) is 18.2 Å². The number of fused-ring (bicyclic) bond motifs is 1. The predicted molar refractivity (Wildman–Crippen MR) is 74.6 cm³/mol. The normalized spacial score (nSPS) is 18.2. The molecule has 100 valence electrons. The summed E-state index contributed by atoms with van der Waals surface area (Å²) in [5.74, 6) is 0. The number of aliphatic hydroxyl groups excluding tert-OH is 1. The van der Waals surface area contributed by atoms with Crippen molar-refractivity contribution in [1.82, 2.24) is 5.32 Å². The number of benzene rings is 1. The fourth-order valence-corrected chi connectivity index (χ4v) is 2.81. The second kappa shape index (κ2) is 6.32. The minimum atomic E-state index is -0.467. The summed E-state index contributed by atoms with van der Waals surface area (Å²) in [4.78, 5) is 0. The molecule has 0 heterocycles. The first kappa shape index (κ1) is 13.5. The molecule has 3 nitrogen and oxygen atoms in total. The van der Waals surface area contributed by atoms with Crippen molar-refractivity contribution in [3.63, 3.8) is 0 Å². The summed E-state index contributed by atoms with van der Waals surface area (Å²) >= 11 is 0. The lowest BCUT2D eigenvalue weighted by atomic mass is 9.88. The van der Waals surface area contributed by atoms with E-state index in [1.165, 1.54) is 30.4 Å². The lowest BCUT2D eigenvalue weighted by Crippen LogP contribution is -2.34. The van der Waals surface area contributed by atoms with E-state index in [-0.39, 0.29) is 6.04 Å². The second-order valence-electron chi connectivity index (χ2n) is 5.15. The molecule has 4 N–H and O–H groups in total. The monoisotopic (exact) mass is 248 g/mol. The Balaban J connectivity index is 2.17. The summed E-state index contributed by atoms with van der Waals surface area (Å²) in [7, 11) is 1.88. The number of nitrogens with two attached hydrogens (primary N) is 1. The van der Waals surface area contributed by atoms with E-state index in [4.69, 9.17) is 5.73 Å². The van der Waals surface area contributed by atoms with Gasteiger partial charge >= 0.3 is 0 Å². The lowest BCUT2D eigenvalue weighted by Gasteiger charge is -2.24. The Labute approximate surface area is 109 Å². The second-order valence-corrected chi connectivity index (χ2v) is 5.15. The molecule has 0 fully saturated rings. The first-order chi connectivity index (χ1) is 8.76. The molecule has 0 saturated heterocycles. The quantitative estimate of drug-likeness (QED) is 0.741. The zero-order chi connectivity index (χ0) is 13.0. The Morgan fingerprint density at radius 2 is 2.00 bits per heavy atom. The fraction of sp³-hybridized carbons (Fsp3) is 0.600. The molecule has 2 atom stereocenters. The third kappa shape index (κ3) is 2.91. The standard InChI is InChI=1S/C15H24N2O/c1-17-14(8-9-16)15(18)13-7-6-11-4-2-3-5-12(11)10-13/h6-7,10,14-15,17-18H,2-5,8-9,16H2,1H3. The molecule has 0 bridgehead atoms. The van der Waals surface area contributed by atoms with Crippen molar-refractivity contribution in [3.8, 4) is 0 Å². The van der Waals surface area contributed by atoms with Gasteiger partial charge < -0.3 is 16.2 Å². The summed E-state index contributed by atoms with van der Waals surface area (Å²) in [6.45, 7) is 0.591. The average molecular weight is 248 g/mol. The van der Waals surface area contributed by atoms with Gasteiger partial charge in [0.2, 0.25) is 0 Å². The zero-order valence-corrected chi connectivity index (χ0v) is 11.2. The Hall–Kier alpha value is -0.900. The van der Waals surface area contributed by atoms with Gasteiger partial charge in [0.1, 0.15) is 0 Å². The number of aryl methyl sites for hydroxylation is 2. The van der Waals surface area contributed by atoms with E-state index in [1.54, 1.807) is 0 Å². The van der Waals surface area contributed by atoms with Gasteiger partial charge in [0, 0.05) is 6.04 Å². The van der Waals surface area contributed by atoms with Crippen LogP contribution in [0.5, 0.6) is 0 Å². The minimum absolute atomic E-state index is 0.0386. The van der Waals surface area contributed by atoms with Crippen LogP contribution < -0.4 is 11.1 Å². The molecule has 0 aromatic heterocycles. The SMILES string of the molecule is CNC(CCN)C(O)c1ccc2c(c1)CCCC2. The topological polar surface area (TPSA) is 58.3 Å². The van der Waals surface area contributed by atoms with Gasteiger partial charge in [-0.15, -0.1) is 0 Å². The highest BCUT2D eigenvalue weighted by atomic mass is 16.3. The number of likely N-dealkylation sites (N-methyl/N-ethyl adjacent to an activating group) is 1. The highest BCUT2D eigenvalue weighted by molar-refractivity contribution is 5.35. The molecule has 0 spiro atoms. The van der Waals surface area contributed by atoms with Crippen molar-refractivity contribution in [2.45, 2.75) is 44.2 Å². The van der Waals surface area contributed by atoms with E-state index < -0.39 is 6.10 Å². The summed E-state index contributed by atoms with van der Waals surface area (Å²) < 4.78 is 0. The smallest absolute Gasteiger partial charge is 0.0943 e. The molecule has 3 heteroatoms. The number of nitrogens with one attached hydrogen (secondary N) is 1. The first-order valence-corrected chi connectivity index (χ1v) is 6.93. The minimum Gasteiger partial charge on any atom is -0.387 e. The summed E-state index contributed by atoms with van der Waals surface area (Å²) in [6.07, 6.45) is 5.22. The van der Waals surface area contributed by atoms with Crippen molar-refractivity contribution in [1.29, 1.82) is 0 Å². The molecular formula is C15H24N2O. The average Bonchev–Trinajstić information content (AvgIpc) is 2.43. The van der Waals surface area contributed by atoms with Gasteiger partial charge in [0.25, 0.3) is 0 Å². The lowest BCUT2D eigenvalue weighted by molar-refractivity contribution is 0.129. The van der Waals surface area contributed by atoms with Gasteiger partial charge in [0.05, 0.1) is 6.10 Å². The Morgan fingerprint density at radius 3 is 2.67 bits per heavy atom. The van der Waals surface area contributed by atoms with Crippen LogP contribution in [0.3, 0.4) is 0 Å². The van der Waals surface area contributed by atoms with E-state index in [0.29, 0.717) is 6.54 Å². The van der Waals surface area contributed by atoms with Crippen molar-refractivity contribution in [2.75, 3.05) is 13.6 Å². The summed E-state index contributed by atoms with van der Waals surface area (Å²) in [5.41, 5.74) is 9.47. The molecule has 0 aliphatic heterocycles. The molecule has 1 aliphatic carbocycles. The molecular weight excluding hydrogens is 224 g/mol. The first-order valence-electron chi connectivity index (χ1n) is 6.93. The van der Waals surface area contributed by atoms with Crippen molar-refractivity contribution in [3.05, 3.63) is 34.9 Å². The molecule has 1 aromatic rings. The molecule has 2 rings (SSSR count). The molecule has 18 heavy (non-hydrogen) atoms. The van der Waals surface area contributed by atoms with Crippen LogP contribution in [0, 0.1) is 0 Å². The van der Waals surface area contributed by atoms with Crippen LogP contribution in [0.1, 0.15) is 42.1 Å². The zero-order valence-electron chi connectivity index (χ0n) is 11.2. The van der Waals surface area contributed by atoms with Crippen LogP contribution in [-0.4, -0.2) is 24.7 Å². The fourth-order valence-electron chi connectivity index (χ4n) is 2.81. The van der Waals surface area contributed by atoms with Crippen LogP contribution in [0.2, 0.25) is 0 Å². The molecule has 1 aliphatic rings. The Morgan fingerprint density at radius 1 is 1.28 bits per heavy atom. The van der Waals surface area contributed by atoms with Crippen LogP contribution in [0.15, 0.2) is 18.2 Å². The maximum absolute atomic E-state index is 10.4. The van der Waals surface area contributed by atoms with Crippen LogP contribution >= 0.6 is 0 Å². The van der Waals surface area contributed by atoms with E-state index in [2.05, 4.69) is 23.5 Å². The number of aliphatic hydroxyl groups is 1. The highest BCUT2D eigenvalue weighted by Gasteiger charge is 2.20. The Kier molecular flexibility index (Phi) is 4.75. The number of hydrogen-bond donors (Lipinski definition) is 3. The number of hydrogen-bond acceptors (Lipinski definition) is 3. The third-order valence-electron chi connectivity index (χ3n) is 3.94. The Bertz CT molecular complexity index is 392. The third-order valence-corrected chi connectivity index (χ3v) is 3.94. The molecule has 0 radical (unpaired) electrons. The van der Waals surface area contributed by atoms with E-state index in [0.717, 1.165) is 18.4 Å². The maximum Gasteiger partial charge on any atom is 0.0943 e.